The molecule has 4 heteroatoms. The fourth-order valence-electron chi connectivity index (χ4n) is 2.69. The van der Waals surface area contributed by atoms with Crippen molar-refractivity contribution in [3.63, 3.8) is 0 Å². The molecule has 0 heterocycles. The molecule has 0 aromatic heterocycles. The van der Waals surface area contributed by atoms with Crippen molar-refractivity contribution in [3.8, 4) is 0 Å². The van der Waals surface area contributed by atoms with Gasteiger partial charge in [0.05, 0.1) is 13.2 Å². The third-order valence-electron chi connectivity index (χ3n) is 4.15. The monoisotopic (exact) mass is 332 g/mol. The van der Waals surface area contributed by atoms with E-state index in [9.17, 15) is 9.59 Å². The highest BCUT2D eigenvalue weighted by Crippen LogP contribution is 2.42. The van der Waals surface area contributed by atoms with Gasteiger partial charge in [0.2, 0.25) is 0 Å². The molecule has 0 spiro atoms. The van der Waals surface area contributed by atoms with Crippen LogP contribution in [0.25, 0.3) is 0 Å². The zero-order valence-corrected chi connectivity index (χ0v) is 15.3. The van der Waals surface area contributed by atoms with Crippen molar-refractivity contribution in [3.05, 3.63) is 47.5 Å². The van der Waals surface area contributed by atoms with E-state index in [0.29, 0.717) is 0 Å². The fraction of sp³-hybridized carbons (Fsp3) is 0.500. The van der Waals surface area contributed by atoms with E-state index in [2.05, 4.69) is 0 Å². The van der Waals surface area contributed by atoms with Gasteiger partial charge >= 0.3 is 11.9 Å². The zero-order valence-electron chi connectivity index (χ0n) is 15.3. The minimum atomic E-state index is -1.38. The van der Waals surface area contributed by atoms with Gasteiger partial charge < -0.3 is 9.47 Å². The lowest BCUT2D eigenvalue weighted by Gasteiger charge is -2.34. The number of benzene rings is 1. The second kappa shape index (κ2) is 9.26. The van der Waals surface area contributed by atoms with Crippen LogP contribution in [0.4, 0.5) is 0 Å². The van der Waals surface area contributed by atoms with Crippen LogP contribution in [0.2, 0.25) is 0 Å². The Bertz CT molecular complexity index is 553. The summed E-state index contributed by atoms with van der Waals surface area (Å²) in [5.41, 5.74) is 0.555. The number of hydrogen-bond acceptors (Lipinski definition) is 4. The smallest absolute Gasteiger partial charge is 0.324 e. The van der Waals surface area contributed by atoms with Crippen molar-refractivity contribution in [2.24, 2.45) is 5.41 Å². The standard InChI is InChI=1S/C20H28O4/c1-6-23-18(21)20(14-13-15(3)4,19(22)24-7-2)16(5)17-11-9-8-10-12-17/h8-13,16H,6-7,14H2,1-5H3/t16-/m0/s1. The molecule has 1 atom stereocenters. The van der Waals surface area contributed by atoms with Crippen LogP contribution < -0.4 is 0 Å². The molecule has 0 amide bonds. The largest absolute Gasteiger partial charge is 0.465 e. The van der Waals surface area contributed by atoms with Gasteiger partial charge in [-0.15, -0.1) is 0 Å². The number of rotatable bonds is 8. The van der Waals surface area contributed by atoms with Crippen molar-refractivity contribution in [1.29, 1.82) is 0 Å². The van der Waals surface area contributed by atoms with Gasteiger partial charge in [-0.25, -0.2) is 0 Å². The van der Waals surface area contributed by atoms with Crippen LogP contribution in [0.3, 0.4) is 0 Å². The predicted molar refractivity (Wildman–Crippen MR) is 94.6 cm³/mol. The summed E-state index contributed by atoms with van der Waals surface area (Å²) in [7, 11) is 0. The van der Waals surface area contributed by atoms with Crippen LogP contribution in [-0.4, -0.2) is 25.2 Å². The molecule has 0 bridgehead atoms. The van der Waals surface area contributed by atoms with E-state index in [1.54, 1.807) is 13.8 Å². The first-order valence-corrected chi connectivity index (χ1v) is 8.42. The van der Waals surface area contributed by atoms with Gasteiger partial charge in [0, 0.05) is 5.92 Å². The highest BCUT2D eigenvalue weighted by molar-refractivity contribution is 6.01. The molecule has 0 saturated heterocycles. The summed E-state index contributed by atoms with van der Waals surface area (Å²) >= 11 is 0. The summed E-state index contributed by atoms with van der Waals surface area (Å²) in [6.07, 6.45) is 2.15. The number of carbonyl (C=O) groups excluding carboxylic acids is 2. The van der Waals surface area contributed by atoms with E-state index >= 15 is 0 Å². The number of esters is 2. The lowest BCUT2D eigenvalue weighted by Crippen LogP contribution is -2.46. The first-order valence-electron chi connectivity index (χ1n) is 8.42. The van der Waals surface area contributed by atoms with Crippen LogP contribution in [0.5, 0.6) is 0 Å². The van der Waals surface area contributed by atoms with Gasteiger partial charge in [-0.05, 0) is 39.7 Å². The normalized spacial score (nSPS) is 12.2. The minimum absolute atomic E-state index is 0.219. The Morgan fingerprint density at radius 3 is 1.96 bits per heavy atom. The summed E-state index contributed by atoms with van der Waals surface area (Å²) in [5.74, 6) is -1.43. The summed E-state index contributed by atoms with van der Waals surface area (Å²) in [6.45, 7) is 9.67. The van der Waals surface area contributed by atoms with Crippen LogP contribution >= 0.6 is 0 Å². The molecule has 0 fully saturated rings. The van der Waals surface area contributed by atoms with Crippen molar-refractivity contribution in [2.45, 2.75) is 47.0 Å². The van der Waals surface area contributed by atoms with E-state index in [1.165, 1.54) is 0 Å². The first kappa shape index (κ1) is 19.9. The number of allylic oxidation sites excluding steroid dienone is 2. The van der Waals surface area contributed by atoms with Gasteiger partial charge in [-0.3, -0.25) is 9.59 Å². The van der Waals surface area contributed by atoms with Gasteiger partial charge in [0.1, 0.15) is 0 Å². The van der Waals surface area contributed by atoms with Gasteiger partial charge in [0.25, 0.3) is 0 Å². The van der Waals surface area contributed by atoms with Crippen molar-refractivity contribution < 1.29 is 19.1 Å². The molecular formula is C20H28O4. The van der Waals surface area contributed by atoms with Gasteiger partial charge in [-0.1, -0.05) is 48.9 Å². The van der Waals surface area contributed by atoms with Crippen molar-refractivity contribution >= 4 is 11.9 Å². The maximum Gasteiger partial charge on any atom is 0.324 e. The van der Waals surface area contributed by atoms with Crippen LogP contribution in [0, 0.1) is 5.41 Å². The molecule has 0 aliphatic rings. The maximum atomic E-state index is 12.9. The highest BCUT2D eigenvalue weighted by Gasteiger charge is 2.52. The molecular weight excluding hydrogens is 304 g/mol. The number of hydrogen-bond donors (Lipinski definition) is 0. The molecule has 1 rings (SSSR count). The molecule has 0 N–H and O–H groups in total. The molecule has 0 unspecified atom stereocenters. The molecule has 0 aliphatic carbocycles. The second-order valence-electron chi connectivity index (χ2n) is 6.03. The van der Waals surface area contributed by atoms with E-state index in [-0.39, 0.29) is 25.6 Å². The molecule has 0 aliphatic heterocycles. The lowest BCUT2D eigenvalue weighted by molar-refractivity contribution is -0.173. The summed E-state index contributed by atoms with van der Waals surface area (Å²) in [5, 5.41) is 0. The third kappa shape index (κ3) is 4.47. The molecule has 1 aromatic rings. The molecule has 24 heavy (non-hydrogen) atoms. The highest BCUT2D eigenvalue weighted by atomic mass is 16.6. The Morgan fingerprint density at radius 1 is 1.04 bits per heavy atom. The Labute approximate surface area is 144 Å². The maximum absolute atomic E-state index is 12.9. The molecule has 4 nitrogen and oxygen atoms in total. The van der Waals surface area contributed by atoms with Crippen LogP contribution in [-0.2, 0) is 19.1 Å². The number of ether oxygens (including phenoxy) is 2. The second-order valence-corrected chi connectivity index (χ2v) is 6.03. The molecule has 0 saturated carbocycles. The lowest BCUT2D eigenvalue weighted by atomic mass is 9.70. The first-order chi connectivity index (χ1) is 11.4. The zero-order chi connectivity index (χ0) is 18.2. The topological polar surface area (TPSA) is 52.6 Å². The summed E-state index contributed by atoms with van der Waals surface area (Å²) < 4.78 is 10.6. The fourth-order valence-corrected chi connectivity index (χ4v) is 2.69. The minimum Gasteiger partial charge on any atom is -0.465 e. The van der Waals surface area contributed by atoms with E-state index in [4.69, 9.17) is 9.47 Å². The summed E-state index contributed by atoms with van der Waals surface area (Å²) in [4.78, 5) is 25.7. The third-order valence-corrected chi connectivity index (χ3v) is 4.15. The Kier molecular flexibility index (Phi) is 7.69. The molecule has 0 radical (unpaired) electrons. The molecule has 1 aromatic carbocycles. The predicted octanol–water partition coefficient (Wildman–Crippen LogP) is 4.26. The van der Waals surface area contributed by atoms with Gasteiger partial charge in [0.15, 0.2) is 5.41 Å². The SMILES string of the molecule is CCOC(=O)C(CC=C(C)C)(C(=O)OCC)[C@@H](C)c1ccccc1. The number of carbonyl (C=O) groups is 2. The van der Waals surface area contributed by atoms with Crippen LogP contribution in [0.15, 0.2) is 42.0 Å². The van der Waals surface area contributed by atoms with Gasteiger partial charge in [-0.2, -0.15) is 0 Å². The van der Waals surface area contributed by atoms with E-state index in [1.807, 2.05) is 57.2 Å². The quantitative estimate of drug-likeness (QED) is 0.405. The average molecular weight is 332 g/mol. The van der Waals surface area contributed by atoms with Crippen LogP contribution in [0.1, 0.15) is 52.5 Å². The average Bonchev–Trinajstić information content (AvgIpc) is 2.56. The summed E-state index contributed by atoms with van der Waals surface area (Å²) in [6, 6.07) is 9.53. The van der Waals surface area contributed by atoms with E-state index in [0.717, 1.165) is 11.1 Å². The Hall–Kier alpha value is -2.10. The van der Waals surface area contributed by atoms with E-state index < -0.39 is 17.4 Å². The molecule has 132 valence electrons. The Balaban J connectivity index is 3.45. The Morgan fingerprint density at radius 2 is 1.54 bits per heavy atom. The van der Waals surface area contributed by atoms with Crippen molar-refractivity contribution in [2.75, 3.05) is 13.2 Å². The van der Waals surface area contributed by atoms with Crippen molar-refractivity contribution in [1.82, 2.24) is 0 Å².